The first-order valence-corrected chi connectivity index (χ1v) is 7.11. The molecule has 0 N–H and O–H groups in total. The zero-order valence-electron chi connectivity index (χ0n) is 13.1. The molecule has 0 aliphatic rings. The molecular formula is C16H19NaO5. The molecule has 6 heteroatoms. The van der Waals surface area contributed by atoms with Gasteiger partial charge in [0.25, 0.3) is 0 Å². The van der Waals surface area contributed by atoms with Crippen LogP contribution in [0.2, 0.25) is 0 Å². The number of carboxylic acids is 1. The predicted molar refractivity (Wildman–Crippen MR) is 74.6 cm³/mol. The van der Waals surface area contributed by atoms with Gasteiger partial charge in [0.1, 0.15) is 0 Å². The average Bonchev–Trinajstić information content (AvgIpc) is 2.47. The maximum Gasteiger partial charge on any atom is 1.00 e. The summed E-state index contributed by atoms with van der Waals surface area (Å²) < 4.78 is 4.66. The summed E-state index contributed by atoms with van der Waals surface area (Å²) >= 11 is 0. The second-order valence-corrected chi connectivity index (χ2v) is 4.76. The van der Waals surface area contributed by atoms with Gasteiger partial charge in [0.2, 0.25) is 0 Å². The van der Waals surface area contributed by atoms with Crippen LogP contribution in [0, 0.1) is 0 Å². The smallest absolute Gasteiger partial charge is 0.545 e. The Balaban J connectivity index is 0.00000441. The molecule has 0 spiro atoms. The van der Waals surface area contributed by atoms with E-state index < -0.39 is 17.9 Å². The van der Waals surface area contributed by atoms with Crippen LogP contribution in [0.3, 0.4) is 0 Å². The van der Waals surface area contributed by atoms with Crippen molar-refractivity contribution in [3.63, 3.8) is 0 Å². The molecule has 0 aliphatic carbocycles. The number of hydrogen-bond donors (Lipinski definition) is 0. The molecule has 0 saturated carbocycles. The van der Waals surface area contributed by atoms with E-state index >= 15 is 0 Å². The van der Waals surface area contributed by atoms with E-state index in [1.807, 2.05) is 0 Å². The standard InChI is InChI=1S/C16H20O5.Na/c1-2-3-4-5-6-11-14(17)21-16(20)13-10-8-7-9-12(13)15(18)19;/h7-10H,2-6,11H2,1H3,(H,18,19);/q;+1/p-1. The normalized spacial score (nSPS) is 9.68. The average molecular weight is 314 g/mol. The quantitative estimate of drug-likeness (QED) is 0.269. The summed E-state index contributed by atoms with van der Waals surface area (Å²) in [6.45, 7) is 2.10. The van der Waals surface area contributed by atoms with Gasteiger partial charge in [0, 0.05) is 12.0 Å². The molecule has 0 saturated heterocycles. The third kappa shape index (κ3) is 7.20. The van der Waals surface area contributed by atoms with Gasteiger partial charge in [-0.15, -0.1) is 0 Å². The number of carboxylic acid groups (broad SMARTS) is 1. The Hall–Kier alpha value is -1.17. The molecule has 1 aromatic carbocycles. The first-order valence-electron chi connectivity index (χ1n) is 7.11. The Kier molecular flexibility index (Phi) is 10.8. The van der Waals surface area contributed by atoms with E-state index in [0.717, 1.165) is 25.7 Å². The zero-order valence-corrected chi connectivity index (χ0v) is 15.1. The van der Waals surface area contributed by atoms with Crippen molar-refractivity contribution in [2.24, 2.45) is 0 Å². The predicted octanol–water partition coefficient (Wildman–Crippen LogP) is -0.902. The van der Waals surface area contributed by atoms with Crippen LogP contribution in [0.4, 0.5) is 0 Å². The largest absolute Gasteiger partial charge is 1.00 e. The van der Waals surface area contributed by atoms with Gasteiger partial charge in [0.05, 0.1) is 11.5 Å². The number of carbonyl (C=O) groups is 3. The van der Waals surface area contributed by atoms with E-state index in [-0.39, 0.29) is 47.1 Å². The molecule has 0 heterocycles. The molecule has 114 valence electrons. The van der Waals surface area contributed by atoms with Crippen LogP contribution in [-0.2, 0) is 9.53 Å². The Morgan fingerprint density at radius 3 is 2.18 bits per heavy atom. The van der Waals surface area contributed by atoms with Crippen molar-refractivity contribution < 1.29 is 53.8 Å². The Morgan fingerprint density at radius 1 is 1.00 bits per heavy atom. The van der Waals surface area contributed by atoms with E-state index in [1.165, 1.54) is 24.3 Å². The van der Waals surface area contributed by atoms with Gasteiger partial charge in [-0.25, -0.2) is 4.79 Å². The van der Waals surface area contributed by atoms with Crippen molar-refractivity contribution in [2.45, 2.75) is 45.4 Å². The molecule has 0 unspecified atom stereocenters. The molecule has 1 rings (SSSR count). The first kappa shape index (κ1) is 20.8. The van der Waals surface area contributed by atoms with Gasteiger partial charge >= 0.3 is 41.5 Å². The van der Waals surface area contributed by atoms with E-state index in [9.17, 15) is 19.5 Å². The Morgan fingerprint density at radius 2 is 1.59 bits per heavy atom. The monoisotopic (exact) mass is 314 g/mol. The minimum atomic E-state index is -1.48. The van der Waals surface area contributed by atoms with Crippen molar-refractivity contribution in [3.05, 3.63) is 35.4 Å². The number of carbonyl (C=O) groups excluding carboxylic acids is 3. The van der Waals surface area contributed by atoms with Crippen molar-refractivity contribution >= 4 is 17.9 Å². The molecule has 5 nitrogen and oxygen atoms in total. The van der Waals surface area contributed by atoms with Crippen molar-refractivity contribution in [1.29, 1.82) is 0 Å². The molecule has 22 heavy (non-hydrogen) atoms. The van der Waals surface area contributed by atoms with Gasteiger partial charge < -0.3 is 14.6 Å². The van der Waals surface area contributed by atoms with Crippen LogP contribution in [0.1, 0.15) is 66.2 Å². The summed E-state index contributed by atoms with van der Waals surface area (Å²) in [5, 5.41) is 10.9. The molecule has 0 radical (unpaired) electrons. The van der Waals surface area contributed by atoms with Crippen LogP contribution in [0.25, 0.3) is 0 Å². The molecule has 0 amide bonds. The number of unbranched alkanes of at least 4 members (excludes halogenated alkanes) is 4. The topological polar surface area (TPSA) is 83.5 Å². The molecule has 0 bridgehead atoms. The van der Waals surface area contributed by atoms with Gasteiger partial charge in [-0.2, -0.15) is 0 Å². The van der Waals surface area contributed by atoms with Crippen LogP contribution < -0.4 is 34.7 Å². The minimum Gasteiger partial charge on any atom is -0.545 e. The number of esters is 2. The van der Waals surface area contributed by atoms with Crippen LogP contribution in [0.5, 0.6) is 0 Å². The Bertz CT molecular complexity index is 513. The second-order valence-electron chi connectivity index (χ2n) is 4.76. The number of benzene rings is 1. The van der Waals surface area contributed by atoms with E-state index in [4.69, 9.17) is 0 Å². The molecule has 0 fully saturated rings. The minimum absolute atomic E-state index is 0. The van der Waals surface area contributed by atoms with Crippen molar-refractivity contribution in [1.82, 2.24) is 0 Å². The molecular weight excluding hydrogens is 295 g/mol. The number of ether oxygens (including phenoxy) is 1. The third-order valence-electron chi connectivity index (χ3n) is 3.06. The fourth-order valence-electron chi connectivity index (χ4n) is 1.92. The van der Waals surface area contributed by atoms with Crippen LogP contribution in [-0.4, -0.2) is 17.9 Å². The first-order chi connectivity index (χ1) is 10.1. The van der Waals surface area contributed by atoms with Gasteiger partial charge in [-0.3, -0.25) is 4.79 Å². The molecule has 0 atom stereocenters. The van der Waals surface area contributed by atoms with Crippen LogP contribution >= 0.6 is 0 Å². The molecule has 0 aromatic heterocycles. The fourth-order valence-corrected chi connectivity index (χ4v) is 1.92. The summed E-state index contributed by atoms with van der Waals surface area (Å²) in [6, 6.07) is 5.50. The number of hydrogen-bond acceptors (Lipinski definition) is 5. The zero-order chi connectivity index (χ0) is 15.7. The van der Waals surface area contributed by atoms with Gasteiger partial charge in [-0.05, 0) is 12.5 Å². The number of rotatable bonds is 8. The van der Waals surface area contributed by atoms with Gasteiger partial charge in [-0.1, -0.05) is 50.8 Å². The second kappa shape index (κ2) is 11.4. The molecule has 0 aliphatic heterocycles. The number of aromatic carboxylic acids is 1. The summed E-state index contributed by atoms with van der Waals surface area (Å²) in [5.41, 5.74) is -0.449. The fraction of sp³-hybridized carbons (Fsp3) is 0.438. The summed E-state index contributed by atoms with van der Waals surface area (Å²) in [4.78, 5) is 34.2. The summed E-state index contributed by atoms with van der Waals surface area (Å²) in [7, 11) is 0. The van der Waals surface area contributed by atoms with Gasteiger partial charge in [0.15, 0.2) is 0 Å². The SMILES string of the molecule is CCCCCCCC(=O)OC(=O)c1ccccc1C(=O)[O-].[Na+]. The summed E-state index contributed by atoms with van der Waals surface area (Å²) in [6.07, 6.45) is 5.01. The maximum absolute atomic E-state index is 11.8. The maximum atomic E-state index is 11.8. The van der Waals surface area contributed by atoms with E-state index in [1.54, 1.807) is 0 Å². The Labute approximate surface area is 152 Å². The molecule has 1 aromatic rings. The van der Waals surface area contributed by atoms with Crippen molar-refractivity contribution in [2.75, 3.05) is 0 Å². The van der Waals surface area contributed by atoms with E-state index in [0.29, 0.717) is 6.42 Å². The van der Waals surface area contributed by atoms with Crippen LogP contribution in [0.15, 0.2) is 24.3 Å². The summed E-state index contributed by atoms with van der Waals surface area (Å²) in [5.74, 6) is -3.06. The third-order valence-corrected chi connectivity index (χ3v) is 3.06. The van der Waals surface area contributed by atoms with E-state index in [2.05, 4.69) is 11.7 Å². The van der Waals surface area contributed by atoms with Crippen molar-refractivity contribution in [3.8, 4) is 0 Å².